The SMILES string of the molecule is O=C1NC2C3CC(C4CC=CC43)C12. The van der Waals surface area contributed by atoms with Gasteiger partial charge in [0.15, 0.2) is 0 Å². The summed E-state index contributed by atoms with van der Waals surface area (Å²) in [4.78, 5) is 11.4. The highest BCUT2D eigenvalue weighted by molar-refractivity contribution is 5.87. The van der Waals surface area contributed by atoms with Crippen LogP contribution in [0.1, 0.15) is 12.8 Å². The molecule has 4 rings (SSSR count). The Morgan fingerprint density at radius 1 is 1.31 bits per heavy atom. The summed E-state index contributed by atoms with van der Waals surface area (Å²) in [5.74, 6) is 3.90. The monoisotopic (exact) mass is 175 g/mol. The van der Waals surface area contributed by atoms with Crippen molar-refractivity contribution >= 4 is 5.91 Å². The number of fused-ring (bicyclic) bond motifs is 8. The lowest BCUT2D eigenvalue weighted by Crippen LogP contribution is -2.63. The number of nitrogens with one attached hydrogen (secondary N) is 1. The molecule has 6 unspecified atom stereocenters. The van der Waals surface area contributed by atoms with E-state index in [1.54, 1.807) is 0 Å². The lowest BCUT2D eigenvalue weighted by molar-refractivity contribution is -0.139. The third-order valence-corrected chi connectivity index (χ3v) is 4.77. The van der Waals surface area contributed by atoms with Crippen molar-refractivity contribution in [2.45, 2.75) is 18.9 Å². The average molecular weight is 175 g/mol. The lowest BCUT2D eigenvalue weighted by atomic mass is 9.68. The van der Waals surface area contributed by atoms with Gasteiger partial charge in [0.2, 0.25) is 5.91 Å². The third kappa shape index (κ3) is 0.560. The molecule has 3 aliphatic carbocycles. The van der Waals surface area contributed by atoms with Crippen LogP contribution in [0, 0.1) is 29.6 Å². The average Bonchev–Trinajstić information content (AvgIpc) is 2.68. The van der Waals surface area contributed by atoms with Crippen molar-refractivity contribution in [2.75, 3.05) is 0 Å². The predicted molar refractivity (Wildman–Crippen MR) is 47.8 cm³/mol. The number of allylic oxidation sites excluding steroid dienone is 2. The minimum Gasteiger partial charge on any atom is -0.352 e. The van der Waals surface area contributed by atoms with Gasteiger partial charge in [-0.3, -0.25) is 4.79 Å². The number of amides is 1. The summed E-state index contributed by atoms with van der Waals surface area (Å²) < 4.78 is 0. The predicted octanol–water partition coefficient (Wildman–Crippen LogP) is 0.943. The zero-order valence-electron chi connectivity index (χ0n) is 7.44. The zero-order chi connectivity index (χ0) is 8.58. The Morgan fingerprint density at radius 3 is 3.08 bits per heavy atom. The second-order valence-corrected chi connectivity index (χ2v) is 5.03. The van der Waals surface area contributed by atoms with Gasteiger partial charge in [-0.1, -0.05) is 12.2 Å². The fraction of sp³-hybridized carbons (Fsp3) is 0.727. The molecule has 1 amide bonds. The first kappa shape index (κ1) is 6.63. The maximum absolute atomic E-state index is 11.4. The maximum atomic E-state index is 11.4. The molecule has 2 nitrogen and oxygen atoms in total. The van der Waals surface area contributed by atoms with Gasteiger partial charge in [0, 0.05) is 6.04 Å². The Labute approximate surface area is 77.4 Å². The molecular weight excluding hydrogens is 162 g/mol. The summed E-state index contributed by atoms with van der Waals surface area (Å²) in [6.45, 7) is 0. The Kier molecular flexibility index (Phi) is 0.938. The van der Waals surface area contributed by atoms with E-state index in [0.717, 1.165) is 23.7 Å². The van der Waals surface area contributed by atoms with Crippen LogP contribution in [-0.2, 0) is 4.79 Å². The molecular formula is C11H13NO. The number of β-lactam (4-membered cyclic amide) rings is 1. The molecule has 1 N–H and O–H groups in total. The molecule has 3 fully saturated rings. The van der Waals surface area contributed by atoms with E-state index in [-0.39, 0.29) is 0 Å². The number of rotatable bonds is 0. The first-order valence-electron chi connectivity index (χ1n) is 5.33. The van der Waals surface area contributed by atoms with Crippen molar-refractivity contribution in [3.8, 4) is 0 Å². The summed E-state index contributed by atoms with van der Waals surface area (Å²) >= 11 is 0. The van der Waals surface area contributed by atoms with Gasteiger partial charge in [0.05, 0.1) is 5.92 Å². The molecule has 2 bridgehead atoms. The molecule has 68 valence electrons. The molecule has 1 aliphatic heterocycles. The van der Waals surface area contributed by atoms with Crippen LogP contribution in [0.25, 0.3) is 0 Å². The number of hydrogen-bond acceptors (Lipinski definition) is 1. The molecule has 2 heteroatoms. The van der Waals surface area contributed by atoms with E-state index < -0.39 is 0 Å². The molecule has 2 saturated carbocycles. The Morgan fingerprint density at radius 2 is 2.23 bits per heavy atom. The van der Waals surface area contributed by atoms with Gasteiger partial charge in [0.1, 0.15) is 0 Å². The quantitative estimate of drug-likeness (QED) is 0.431. The van der Waals surface area contributed by atoms with Crippen molar-refractivity contribution in [1.29, 1.82) is 0 Å². The van der Waals surface area contributed by atoms with E-state index in [9.17, 15) is 4.79 Å². The van der Waals surface area contributed by atoms with Gasteiger partial charge >= 0.3 is 0 Å². The standard InChI is InChI=1S/C11H13NO/c13-11-9-7-4-8(10(9)12-11)6-3-1-2-5(6)7/h1,3,5-10H,2,4H2,(H,12,13). The smallest absolute Gasteiger partial charge is 0.225 e. The fourth-order valence-electron chi connectivity index (χ4n) is 4.31. The summed E-state index contributed by atoms with van der Waals surface area (Å²) in [5.41, 5.74) is 0. The van der Waals surface area contributed by atoms with Crippen molar-refractivity contribution in [3.05, 3.63) is 12.2 Å². The molecule has 1 saturated heterocycles. The highest BCUT2D eigenvalue weighted by atomic mass is 16.2. The van der Waals surface area contributed by atoms with Crippen LogP contribution in [0.15, 0.2) is 12.2 Å². The van der Waals surface area contributed by atoms with E-state index in [1.807, 2.05) is 0 Å². The minimum atomic E-state index is 0.336. The largest absolute Gasteiger partial charge is 0.352 e. The normalized spacial score (nSPS) is 60.2. The van der Waals surface area contributed by atoms with Crippen LogP contribution in [0.3, 0.4) is 0 Å². The zero-order valence-corrected chi connectivity index (χ0v) is 7.44. The third-order valence-electron chi connectivity index (χ3n) is 4.77. The molecule has 0 radical (unpaired) electrons. The van der Waals surface area contributed by atoms with Gasteiger partial charge in [-0.25, -0.2) is 0 Å². The van der Waals surface area contributed by atoms with Crippen molar-refractivity contribution < 1.29 is 4.79 Å². The minimum absolute atomic E-state index is 0.336. The van der Waals surface area contributed by atoms with E-state index >= 15 is 0 Å². The molecule has 0 aromatic heterocycles. The van der Waals surface area contributed by atoms with Gasteiger partial charge < -0.3 is 5.32 Å². The van der Waals surface area contributed by atoms with E-state index in [0.29, 0.717) is 17.9 Å². The van der Waals surface area contributed by atoms with Crippen LogP contribution >= 0.6 is 0 Å². The highest BCUT2D eigenvalue weighted by Crippen LogP contribution is 2.61. The number of carbonyl (C=O) groups excluding carboxylic acids is 1. The first-order valence-corrected chi connectivity index (χ1v) is 5.33. The molecule has 4 aliphatic rings. The van der Waals surface area contributed by atoms with E-state index in [4.69, 9.17) is 0 Å². The maximum Gasteiger partial charge on any atom is 0.225 e. The van der Waals surface area contributed by atoms with Crippen LogP contribution in [0.5, 0.6) is 0 Å². The Bertz CT molecular complexity index is 322. The summed E-state index contributed by atoms with van der Waals surface area (Å²) in [6.07, 6.45) is 7.27. The Hall–Kier alpha value is -0.790. The van der Waals surface area contributed by atoms with Crippen molar-refractivity contribution in [3.63, 3.8) is 0 Å². The molecule has 0 spiro atoms. The second kappa shape index (κ2) is 1.84. The van der Waals surface area contributed by atoms with Crippen LogP contribution in [-0.4, -0.2) is 11.9 Å². The molecule has 13 heavy (non-hydrogen) atoms. The summed E-state index contributed by atoms with van der Waals surface area (Å²) in [6, 6.07) is 0.557. The van der Waals surface area contributed by atoms with E-state index in [2.05, 4.69) is 17.5 Å². The van der Waals surface area contributed by atoms with Gasteiger partial charge in [-0.05, 0) is 36.5 Å². The van der Waals surface area contributed by atoms with Gasteiger partial charge in [-0.15, -0.1) is 0 Å². The Balaban J connectivity index is 1.76. The molecule has 6 atom stereocenters. The van der Waals surface area contributed by atoms with Gasteiger partial charge in [-0.2, -0.15) is 0 Å². The van der Waals surface area contributed by atoms with Crippen molar-refractivity contribution in [2.24, 2.45) is 29.6 Å². The highest BCUT2D eigenvalue weighted by Gasteiger charge is 2.64. The molecule has 1 heterocycles. The topological polar surface area (TPSA) is 29.1 Å². The summed E-state index contributed by atoms with van der Waals surface area (Å²) in [7, 11) is 0. The first-order chi connectivity index (χ1) is 6.36. The number of carbonyl (C=O) groups is 1. The molecule has 0 aromatic carbocycles. The number of hydrogen-bond donors (Lipinski definition) is 1. The van der Waals surface area contributed by atoms with Crippen LogP contribution < -0.4 is 5.32 Å². The molecule has 0 aromatic rings. The van der Waals surface area contributed by atoms with Crippen molar-refractivity contribution in [1.82, 2.24) is 5.32 Å². The lowest BCUT2D eigenvalue weighted by Gasteiger charge is -2.44. The summed E-state index contributed by atoms with van der Waals surface area (Å²) in [5, 5.41) is 3.08. The fourth-order valence-corrected chi connectivity index (χ4v) is 4.31. The second-order valence-electron chi connectivity index (χ2n) is 5.03. The van der Waals surface area contributed by atoms with Crippen LogP contribution in [0.2, 0.25) is 0 Å². The van der Waals surface area contributed by atoms with Crippen LogP contribution in [0.4, 0.5) is 0 Å². The van der Waals surface area contributed by atoms with Gasteiger partial charge in [0.25, 0.3) is 0 Å². The van der Waals surface area contributed by atoms with E-state index in [1.165, 1.54) is 12.8 Å².